The first kappa shape index (κ1) is 11.6. The van der Waals surface area contributed by atoms with Crippen molar-refractivity contribution >= 4 is 11.6 Å². The SMILES string of the molecule is CCC(C)(CCl)CCc1cnn(C)c1. The third-order valence-corrected chi connectivity index (χ3v) is 3.60. The fraction of sp³-hybridized carbons (Fsp3) is 0.727. The Morgan fingerprint density at radius 2 is 2.29 bits per heavy atom. The average Bonchev–Trinajstić information content (AvgIpc) is 2.61. The van der Waals surface area contributed by atoms with Gasteiger partial charge in [-0.3, -0.25) is 4.68 Å². The summed E-state index contributed by atoms with van der Waals surface area (Å²) in [5.74, 6) is 0.740. The van der Waals surface area contributed by atoms with Gasteiger partial charge in [0.2, 0.25) is 0 Å². The Bertz CT molecular complexity index is 277. The fourth-order valence-corrected chi connectivity index (χ4v) is 1.71. The Kier molecular flexibility index (Phi) is 3.99. The third-order valence-electron chi connectivity index (χ3n) is 2.95. The number of aromatic nitrogens is 2. The Labute approximate surface area is 91.3 Å². The summed E-state index contributed by atoms with van der Waals surface area (Å²) >= 11 is 5.96. The smallest absolute Gasteiger partial charge is 0.0521 e. The number of rotatable bonds is 5. The molecule has 0 saturated carbocycles. The molecule has 1 aromatic heterocycles. The molecule has 0 aliphatic rings. The van der Waals surface area contributed by atoms with Crippen molar-refractivity contribution in [3.05, 3.63) is 18.0 Å². The van der Waals surface area contributed by atoms with Crippen LogP contribution in [0.2, 0.25) is 0 Å². The fourth-order valence-electron chi connectivity index (χ4n) is 1.39. The van der Waals surface area contributed by atoms with Crippen molar-refractivity contribution in [3.8, 4) is 0 Å². The zero-order valence-corrected chi connectivity index (χ0v) is 10.0. The van der Waals surface area contributed by atoms with E-state index in [1.807, 2.05) is 17.9 Å². The number of halogens is 1. The molecule has 0 aromatic carbocycles. The minimum atomic E-state index is 0.275. The van der Waals surface area contributed by atoms with E-state index in [1.165, 1.54) is 5.56 Å². The van der Waals surface area contributed by atoms with Crippen LogP contribution < -0.4 is 0 Å². The van der Waals surface area contributed by atoms with Crippen molar-refractivity contribution in [1.29, 1.82) is 0 Å². The van der Waals surface area contributed by atoms with Gasteiger partial charge in [-0.2, -0.15) is 5.10 Å². The van der Waals surface area contributed by atoms with Gasteiger partial charge in [-0.1, -0.05) is 13.8 Å². The molecule has 2 nitrogen and oxygen atoms in total. The van der Waals surface area contributed by atoms with Crippen LogP contribution in [0.1, 0.15) is 32.3 Å². The van der Waals surface area contributed by atoms with Crippen LogP contribution in [0.3, 0.4) is 0 Å². The summed E-state index contributed by atoms with van der Waals surface area (Å²) in [6.07, 6.45) is 7.36. The number of aryl methyl sites for hydroxylation is 2. The van der Waals surface area contributed by atoms with Crippen molar-refractivity contribution in [2.75, 3.05) is 5.88 Å². The van der Waals surface area contributed by atoms with Gasteiger partial charge in [0, 0.05) is 19.1 Å². The molecule has 1 atom stereocenters. The first-order chi connectivity index (χ1) is 6.59. The third kappa shape index (κ3) is 3.02. The first-order valence-corrected chi connectivity index (χ1v) is 5.66. The topological polar surface area (TPSA) is 17.8 Å². The van der Waals surface area contributed by atoms with Crippen molar-refractivity contribution in [2.45, 2.75) is 33.1 Å². The van der Waals surface area contributed by atoms with Gasteiger partial charge in [-0.25, -0.2) is 0 Å². The normalized spacial score (nSPS) is 15.4. The van der Waals surface area contributed by atoms with Gasteiger partial charge in [-0.15, -0.1) is 11.6 Å². The average molecular weight is 215 g/mol. The minimum Gasteiger partial charge on any atom is -0.276 e. The summed E-state index contributed by atoms with van der Waals surface area (Å²) in [6.45, 7) is 4.45. The largest absolute Gasteiger partial charge is 0.276 e. The zero-order valence-electron chi connectivity index (χ0n) is 9.26. The summed E-state index contributed by atoms with van der Waals surface area (Å²) in [7, 11) is 1.95. The zero-order chi connectivity index (χ0) is 10.6. The van der Waals surface area contributed by atoms with Crippen LogP contribution in [-0.2, 0) is 13.5 Å². The predicted octanol–water partition coefficient (Wildman–Crippen LogP) is 3.01. The van der Waals surface area contributed by atoms with Crippen LogP contribution in [0.4, 0.5) is 0 Å². The second-order valence-electron chi connectivity index (χ2n) is 4.32. The summed E-state index contributed by atoms with van der Waals surface area (Å²) in [5.41, 5.74) is 1.58. The standard InChI is InChI=1S/C11H19ClN2/c1-4-11(2,9-12)6-5-10-7-13-14(3)8-10/h7-8H,4-6,9H2,1-3H3. The van der Waals surface area contributed by atoms with Crippen molar-refractivity contribution in [2.24, 2.45) is 12.5 Å². The highest BCUT2D eigenvalue weighted by molar-refractivity contribution is 6.18. The number of hydrogen-bond acceptors (Lipinski definition) is 1. The van der Waals surface area contributed by atoms with Gasteiger partial charge in [0.15, 0.2) is 0 Å². The molecule has 80 valence electrons. The van der Waals surface area contributed by atoms with Crippen LogP contribution >= 0.6 is 11.6 Å². The van der Waals surface area contributed by atoms with E-state index in [1.54, 1.807) is 0 Å². The van der Waals surface area contributed by atoms with E-state index >= 15 is 0 Å². The van der Waals surface area contributed by atoms with E-state index in [2.05, 4.69) is 25.1 Å². The molecule has 0 amide bonds. The lowest BCUT2D eigenvalue weighted by molar-refractivity contribution is 0.328. The minimum absolute atomic E-state index is 0.275. The van der Waals surface area contributed by atoms with Crippen LogP contribution in [0.15, 0.2) is 12.4 Å². The molecule has 0 spiro atoms. The van der Waals surface area contributed by atoms with E-state index in [-0.39, 0.29) is 5.41 Å². The first-order valence-electron chi connectivity index (χ1n) is 5.13. The molecule has 0 bridgehead atoms. The molecule has 0 aliphatic heterocycles. The van der Waals surface area contributed by atoms with Crippen LogP contribution in [0.5, 0.6) is 0 Å². The molecule has 1 heterocycles. The molecule has 3 heteroatoms. The Morgan fingerprint density at radius 3 is 2.71 bits per heavy atom. The van der Waals surface area contributed by atoms with E-state index in [4.69, 9.17) is 11.6 Å². The van der Waals surface area contributed by atoms with Crippen molar-refractivity contribution in [3.63, 3.8) is 0 Å². The maximum atomic E-state index is 5.96. The van der Waals surface area contributed by atoms with E-state index in [0.717, 1.165) is 25.1 Å². The Morgan fingerprint density at radius 1 is 1.57 bits per heavy atom. The Hall–Kier alpha value is -0.500. The molecule has 0 saturated heterocycles. The summed E-state index contributed by atoms with van der Waals surface area (Å²) in [5, 5.41) is 4.15. The molecular weight excluding hydrogens is 196 g/mol. The van der Waals surface area contributed by atoms with E-state index < -0.39 is 0 Å². The van der Waals surface area contributed by atoms with Gasteiger partial charge < -0.3 is 0 Å². The van der Waals surface area contributed by atoms with Gasteiger partial charge in [0.1, 0.15) is 0 Å². The number of nitrogens with zero attached hydrogens (tertiary/aromatic N) is 2. The van der Waals surface area contributed by atoms with Crippen molar-refractivity contribution in [1.82, 2.24) is 9.78 Å². The summed E-state index contributed by atoms with van der Waals surface area (Å²) in [4.78, 5) is 0. The molecule has 1 unspecified atom stereocenters. The molecular formula is C11H19ClN2. The number of alkyl halides is 1. The highest BCUT2D eigenvalue weighted by Crippen LogP contribution is 2.28. The van der Waals surface area contributed by atoms with Gasteiger partial charge in [0.25, 0.3) is 0 Å². The van der Waals surface area contributed by atoms with E-state index in [0.29, 0.717) is 0 Å². The second kappa shape index (κ2) is 4.83. The van der Waals surface area contributed by atoms with Crippen LogP contribution in [-0.4, -0.2) is 15.7 Å². The molecule has 0 N–H and O–H groups in total. The lowest BCUT2D eigenvalue weighted by atomic mass is 9.84. The van der Waals surface area contributed by atoms with Crippen LogP contribution in [0, 0.1) is 5.41 Å². The van der Waals surface area contributed by atoms with E-state index in [9.17, 15) is 0 Å². The molecule has 14 heavy (non-hydrogen) atoms. The number of hydrogen-bond donors (Lipinski definition) is 0. The lowest BCUT2D eigenvalue weighted by Crippen LogP contribution is -2.18. The maximum absolute atomic E-state index is 5.96. The molecule has 1 rings (SSSR count). The predicted molar refractivity (Wildman–Crippen MR) is 60.6 cm³/mol. The summed E-state index contributed by atoms with van der Waals surface area (Å²) < 4.78 is 1.85. The quantitative estimate of drug-likeness (QED) is 0.690. The van der Waals surface area contributed by atoms with Gasteiger partial charge in [0.05, 0.1) is 6.20 Å². The molecule has 0 radical (unpaired) electrons. The van der Waals surface area contributed by atoms with Gasteiger partial charge >= 0.3 is 0 Å². The molecule has 0 aliphatic carbocycles. The molecule has 0 fully saturated rings. The van der Waals surface area contributed by atoms with Crippen molar-refractivity contribution < 1.29 is 0 Å². The highest BCUT2D eigenvalue weighted by atomic mass is 35.5. The highest BCUT2D eigenvalue weighted by Gasteiger charge is 2.20. The second-order valence-corrected chi connectivity index (χ2v) is 4.59. The summed E-state index contributed by atoms with van der Waals surface area (Å²) in [6, 6.07) is 0. The molecule has 1 aromatic rings. The Balaban J connectivity index is 2.47. The van der Waals surface area contributed by atoms with Gasteiger partial charge in [-0.05, 0) is 30.2 Å². The maximum Gasteiger partial charge on any atom is 0.0521 e. The monoisotopic (exact) mass is 214 g/mol. The lowest BCUT2D eigenvalue weighted by Gasteiger charge is -2.24. The van der Waals surface area contributed by atoms with Crippen LogP contribution in [0.25, 0.3) is 0 Å².